The summed E-state index contributed by atoms with van der Waals surface area (Å²) in [6, 6.07) is 21.1. The predicted molar refractivity (Wildman–Crippen MR) is 112 cm³/mol. The third-order valence-corrected chi connectivity index (χ3v) is 4.12. The van der Waals surface area contributed by atoms with Gasteiger partial charge < -0.3 is 20.1 Å². The molecule has 0 aliphatic rings. The highest BCUT2D eigenvalue weighted by atomic mass is 19.4. The summed E-state index contributed by atoms with van der Waals surface area (Å²) in [6.45, 7) is 0.224. The first kappa shape index (κ1) is 22.5. The Balaban J connectivity index is 1.49. The quantitative estimate of drug-likeness (QED) is 0.509. The fraction of sp³-hybridized carbons (Fsp3) is 0.130. The Bertz CT molecular complexity index is 1110. The zero-order valence-electron chi connectivity index (χ0n) is 16.6. The second-order valence-corrected chi connectivity index (χ2v) is 6.60. The van der Waals surface area contributed by atoms with Crippen LogP contribution in [0.4, 0.5) is 24.5 Å². The standard InChI is InChI=1S/C23H18F3N3O3/c24-23(25,26)32-20-9-7-18(8-10-20)29-22(30)14-28-19-5-2-6-21(12-19)31-15-17-4-1-3-16(11-17)13-27/h1-12,28H,14-15H2,(H,29,30). The van der Waals surface area contributed by atoms with Crippen LogP contribution >= 0.6 is 0 Å². The van der Waals surface area contributed by atoms with Crippen LogP contribution in [0.1, 0.15) is 11.1 Å². The van der Waals surface area contributed by atoms with Crippen molar-refractivity contribution in [1.82, 2.24) is 0 Å². The lowest BCUT2D eigenvalue weighted by Gasteiger charge is -2.11. The molecule has 0 aromatic heterocycles. The first-order valence-corrected chi connectivity index (χ1v) is 9.42. The monoisotopic (exact) mass is 441 g/mol. The number of hydrogen-bond donors (Lipinski definition) is 2. The topological polar surface area (TPSA) is 83.4 Å². The van der Waals surface area contributed by atoms with Crippen LogP contribution in [0.15, 0.2) is 72.8 Å². The van der Waals surface area contributed by atoms with Gasteiger partial charge in [0, 0.05) is 17.4 Å². The molecular weight excluding hydrogens is 423 g/mol. The maximum absolute atomic E-state index is 12.2. The van der Waals surface area contributed by atoms with Gasteiger partial charge in [-0.2, -0.15) is 5.26 Å². The second kappa shape index (κ2) is 10.2. The molecule has 0 unspecified atom stereocenters. The maximum atomic E-state index is 12.2. The number of ether oxygens (including phenoxy) is 2. The minimum atomic E-state index is -4.77. The average molecular weight is 441 g/mol. The van der Waals surface area contributed by atoms with Gasteiger partial charge in [-0.3, -0.25) is 4.79 Å². The van der Waals surface area contributed by atoms with Crippen LogP contribution in [-0.4, -0.2) is 18.8 Å². The average Bonchev–Trinajstić information content (AvgIpc) is 2.77. The number of hydrogen-bond acceptors (Lipinski definition) is 5. The number of alkyl halides is 3. The number of nitrogens with one attached hydrogen (secondary N) is 2. The fourth-order valence-electron chi connectivity index (χ4n) is 2.72. The van der Waals surface area contributed by atoms with Gasteiger partial charge >= 0.3 is 6.36 Å². The van der Waals surface area contributed by atoms with Gasteiger partial charge in [-0.25, -0.2) is 0 Å². The third kappa shape index (κ3) is 7.25. The number of benzene rings is 3. The number of anilines is 2. The number of rotatable bonds is 8. The van der Waals surface area contributed by atoms with Crippen LogP contribution in [0.3, 0.4) is 0 Å². The molecule has 3 aromatic carbocycles. The number of carbonyl (C=O) groups excluding carboxylic acids is 1. The van der Waals surface area contributed by atoms with E-state index < -0.39 is 6.36 Å². The summed E-state index contributed by atoms with van der Waals surface area (Å²) in [7, 11) is 0. The smallest absolute Gasteiger partial charge is 0.489 e. The highest BCUT2D eigenvalue weighted by Gasteiger charge is 2.30. The van der Waals surface area contributed by atoms with Crippen LogP contribution in [0.2, 0.25) is 0 Å². The lowest BCUT2D eigenvalue weighted by molar-refractivity contribution is -0.274. The van der Waals surface area contributed by atoms with Crippen LogP contribution in [-0.2, 0) is 11.4 Å². The predicted octanol–water partition coefficient (Wildman–Crippen LogP) is 5.09. The van der Waals surface area contributed by atoms with Crippen LogP contribution < -0.4 is 20.1 Å². The van der Waals surface area contributed by atoms with Crippen molar-refractivity contribution >= 4 is 17.3 Å². The Kier molecular flexibility index (Phi) is 7.18. The van der Waals surface area contributed by atoms with E-state index in [9.17, 15) is 18.0 Å². The molecule has 0 spiro atoms. The summed E-state index contributed by atoms with van der Waals surface area (Å²) < 4.78 is 46.1. The largest absolute Gasteiger partial charge is 0.573 e. The third-order valence-electron chi connectivity index (χ3n) is 4.12. The minimum absolute atomic E-state index is 0.0610. The van der Waals surface area contributed by atoms with E-state index in [-0.39, 0.29) is 24.8 Å². The lowest BCUT2D eigenvalue weighted by atomic mass is 10.1. The van der Waals surface area contributed by atoms with E-state index in [1.54, 1.807) is 42.5 Å². The summed E-state index contributed by atoms with van der Waals surface area (Å²) >= 11 is 0. The molecule has 0 aliphatic carbocycles. The molecule has 0 bridgehead atoms. The lowest BCUT2D eigenvalue weighted by Crippen LogP contribution is -2.21. The molecule has 6 nitrogen and oxygen atoms in total. The summed E-state index contributed by atoms with van der Waals surface area (Å²) in [4.78, 5) is 12.1. The van der Waals surface area contributed by atoms with Gasteiger partial charge in [0.15, 0.2) is 0 Å². The molecule has 3 aromatic rings. The number of nitriles is 1. The maximum Gasteiger partial charge on any atom is 0.573 e. The van der Waals surface area contributed by atoms with Gasteiger partial charge in [0.1, 0.15) is 18.1 Å². The Morgan fingerprint density at radius 2 is 1.69 bits per heavy atom. The normalized spacial score (nSPS) is 10.7. The molecule has 0 radical (unpaired) electrons. The molecule has 2 N–H and O–H groups in total. The van der Waals surface area contributed by atoms with Crippen LogP contribution in [0, 0.1) is 11.3 Å². The molecular formula is C23H18F3N3O3. The SMILES string of the molecule is N#Cc1cccc(COc2cccc(NCC(=O)Nc3ccc(OC(F)(F)F)cc3)c2)c1. The van der Waals surface area contributed by atoms with Crippen molar-refractivity contribution in [2.45, 2.75) is 13.0 Å². The highest BCUT2D eigenvalue weighted by molar-refractivity contribution is 5.93. The molecule has 1 amide bonds. The first-order chi connectivity index (χ1) is 15.3. The van der Waals surface area contributed by atoms with E-state index in [2.05, 4.69) is 21.4 Å². The molecule has 32 heavy (non-hydrogen) atoms. The van der Waals surface area contributed by atoms with Gasteiger partial charge in [-0.15, -0.1) is 13.2 Å². The number of amides is 1. The summed E-state index contributed by atoms with van der Waals surface area (Å²) in [5, 5.41) is 14.5. The second-order valence-electron chi connectivity index (χ2n) is 6.60. The zero-order chi connectivity index (χ0) is 23.0. The van der Waals surface area contributed by atoms with Gasteiger partial charge in [-0.05, 0) is 54.1 Å². The van der Waals surface area contributed by atoms with Crippen molar-refractivity contribution in [3.63, 3.8) is 0 Å². The molecule has 9 heteroatoms. The van der Waals surface area contributed by atoms with Crippen molar-refractivity contribution in [3.8, 4) is 17.6 Å². The first-order valence-electron chi connectivity index (χ1n) is 9.42. The van der Waals surface area contributed by atoms with Crippen molar-refractivity contribution in [2.24, 2.45) is 0 Å². The fourth-order valence-corrected chi connectivity index (χ4v) is 2.72. The van der Waals surface area contributed by atoms with E-state index in [4.69, 9.17) is 10.00 Å². The van der Waals surface area contributed by atoms with E-state index in [1.807, 2.05) is 6.07 Å². The Morgan fingerprint density at radius 1 is 0.938 bits per heavy atom. The van der Waals surface area contributed by atoms with Crippen molar-refractivity contribution in [1.29, 1.82) is 5.26 Å². The molecule has 0 saturated heterocycles. The van der Waals surface area contributed by atoms with Crippen molar-refractivity contribution < 1.29 is 27.4 Å². The van der Waals surface area contributed by atoms with Gasteiger partial charge in [-0.1, -0.05) is 18.2 Å². The molecule has 0 aliphatic heterocycles. The highest BCUT2D eigenvalue weighted by Crippen LogP contribution is 2.24. The summed E-state index contributed by atoms with van der Waals surface area (Å²) in [5.74, 6) is -0.169. The molecule has 0 heterocycles. The van der Waals surface area contributed by atoms with E-state index in [0.717, 1.165) is 17.7 Å². The molecule has 3 rings (SSSR count). The van der Waals surface area contributed by atoms with E-state index in [0.29, 0.717) is 22.7 Å². The Morgan fingerprint density at radius 3 is 2.41 bits per heavy atom. The van der Waals surface area contributed by atoms with Gasteiger partial charge in [0.05, 0.1) is 18.2 Å². The molecule has 164 valence electrons. The number of carbonyl (C=O) groups is 1. The van der Waals surface area contributed by atoms with Gasteiger partial charge in [0.2, 0.25) is 5.91 Å². The minimum Gasteiger partial charge on any atom is -0.489 e. The number of nitrogens with zero attached hydrogens (tertiary/aromatic N) is 1. The Labute approximate surface area is 182 Å². The van der Waals surface area contributed by atoms with E-state index >= 15 is 0 Å². The number of halogens is 3. The van der Waals surface area contributed by atoms with E-state index in [1.165, 1.54) is 12.1 Å². The molecule has 0 saturated carbocycles. The van der Waals surface area contributed by atoms with Gasteiger partial charge in [0.25, 0.3) is 0 Å². The van der Waals surface area contributed by atoms with Crippen LogP contribution in [0.25, 0.3) is 0 Å². The van der Waals surface area contributed by atoms with Crippen LogP contribution in [0.5, 0.6) is 11.5 Å². The summed E-state index contributed by atoms with van der Waals surface area (Å²) in [5.41, 5.74) is 2.39. The summed E-state index contributed by atoms with van der Waals surface area (Å²) in [6.07, 6.45) is -4.77. The van der Waals surface area contributed by atoms with Crippen molar-refractivity contribution in [3.05, 3.63) is 83.9 Å². The van der Waals surface area contributed by atoms with Crippen molar-refractivity contribution in [2.75, 3.05) is 17.2 Å². The zero-order valence-corrected chi connectivity index (χ0v) is 16.6. The Hall–Kier alpha value is -4.19. The molecule has 0 fully saturated rings. The molecule has 0 atom stereocenters.